The van der Waals surface area contributed by atoms with Gasteiger partial charge in [0.25, 0.3) is 5.69 Å². The number of benzene rings is 1. The van der Waals surface area contributed by atoms with E-state index in [4.69, 9.17) is 0 Å². The van der Waals surface area contributed by atoms with Gasteiger partial charge in [0, 0.05) is 0 Å². The van der Waals surface area contributed by atoms with Gasteiger partial charge in [-0.1, -0.05) is 6.07 Å². The number of nitrogens with zero attached hydrogens (tertiary/aromatic N) is 1. The molecule has 0 aromatic heterocycles. The molecule has 86 valence electrons. The zero-order valence-corrected chi connectivity index (χ0v) is 9.96. The van der Waals surface area contributed by atoms with Crippen LogP contribution in [0.25, 0.3) is 0 Å². The molecule has 0 aliphatic heterocycles. The van der Waals surface area contributed by atoms with E-state index in [1.807, 2.05) is 0 Å². The van der Waals surface area contributed by atoms with Crippen molar-refractivity contribution in [2.75, 3.05) is 13.4 Å². The maximum Gasteiger partial charge on any atom is 0.344 e. The molecule has 0 spiro atoms. The first-order valence-electron chi connectivity index (χ1n) is 4.43. The van der Waals surface area contributed by atoms with E-state index in [-0.39, 0.29) is 11.3 Å². The van der Waals surface area contributed by atoms with E-state index in [2.05, 4.69) is 4.74 Å². The molecule has 0 radical (unpaired) electrons. The van der Waals surface area contributed by atoms with Crippen molar-refractivity contribution < 1.29 is 14.5 Å². The van der Waals surface area contributed by atoms with E-state index in [9.17, 15) is 14.9 Å². The molecule has 0 aliphatic rings. The molecule has 1 aromatic rings. The van der Waals surface area contributed by atoms with Gasteiger partial charge in [-0.15, -0.1) is 11.8 Å². The number of esters is 1. The highest BCUT2D eigenvalue weighted by Gasteiger charge is 2.26. The van der Waals surface area contributed by atoms with Crippen molar-refractivity contribution >= 4 is 23.4 Å². The topological polar surface area (TPSA) is 69.4 Å². The Kier molecular flexibility index (Phi) is 3.89. The van der Waals surface area contributed by atoms with E-state index in [1.54, 1.807) is 19.2 Å². The summed E-state index contributed by atoms with van der Waals surface area (Å²) < 4.78 is 4.51. The highest BCUT2D eigenvalue weighted by Crippen LogP contribution is 2.34. The molecule has 0 bridgehead atoms. The minimum Gasteiger partial charge on any atom is -0.465 e. The van der Waals surface area contributed by atoms with Crippen molar-refractivity contribution in [3.63, 3.8) is 0 Å². The molecule has 0 aliphatic carbocycles. The molecule has 0 atom stereocenters. The smallest absolute Gasteiger partial charge is 0.344 e. The molecule has 1 aromatic carbocycles. The standard InChI is InChI=1S/C10H11NO4S/c1-6-4-5-7(10(12)15-2)8(11(13)14)9(6)16-3/h4-5H,1-3H3. The Balaban J connectivity index is 3.51. The monoisotopic (exact) mass is 241 g/mol. The second-order valence-corrected chi connectivity index (χ2v) is 3.88. The Morgan fingerprint density at radius 2 is 2.12 bits per heavy atom. The van der Waals surface area contributed by atoms with Gasteiger partial charge in [-0.25, -0.2) is 4.79 Å². The fraction of sp³-hybridized carbons (Fsp3) is 0.300. The molecule has 6 heteroatoms. The number of nitro groups is 1. The fourth-order valence-corrected chi connectivity index (χ4v) is 2.15. The van der Waals surface area contributed by atoms with Gasteiger partial charge in [-0.2, -0.15) is 0 Å². The molecule has 16 heavy (non-hydrogen) atoms. The van der Waals surface area contributed by atoms with Gasteiger partial charge in [0.1, 0.15) is 5.56 Å². The summed E-state index contributed by atoms with van der Waals surface area (Å²) in [6, 6.07) is 3.09. The van der Waals surface area contributed by atoms with Crippen LogP contribution in [-0.4, -0.2) is 24.3 Å². The molecule has 1 rings (SSSR count). The van der Waals surface area contributed by atoms with Gasteiger partial charge in [0.05, 0.1) is 16.9 Å². The third-order valence-electron chi connectivity index (χ3n) is 2.12. The Morgan fingerprint density at radius 1 is 1.50 bits per heavy atom. The van der Waals surface area contributed by atoms with Crippen molar-refractivity contribution in [2.24, 2.45) is 0 Å². The summed E-state index contributed by atoms with van der Waals surface area (Å²) in [6.07, 6.45) is 1.73. The molecule has 0 heterocycles. The number of nitro benzene ring substituents is 1. The molecule has 5 nitrogen and oxygen atoms in total. The summed E-state index contributed by atoms with van der Waals surface area (Å²) in [7, 11) is 1.20. The molecule has 0 amide bonds. The average molecular weight is 241 g/mol. The van der Waals surface area contributed by atoms with Crippen LogP contribution in [0.2, 0.25) is 0 Å². The van der Waals surface area contributed by atoms with Crippen molar-refractivity contribution in [2.45, 2.75) is 11.8 Å². The summed E-state index contributed by atoms with van der Waals surface area (Å²) in [4.78, 5) is 22.3. The van der Waals surface area contributed by atoms with Gasteiger partial charge in [-0.05, 0) is 24.8 Å². The number of ether oxygens (including phenoxy) is 1. The van der Waals surface area contributed by atoms with E-state index < -0.39 is 10.9 Å². The Morgan fingerprint density at radius 3 is 2.56 bits per heavy atom. The predicted molar refractivity (Wildman–Crippen MR) is 61.0 cm³/mol. The third-order valence-corrected chi connectivity index (χ3v) is 3.04. The lowest BCUT2D eigenvalue weighted by Gasteiger charge is -2.07. The quantitative estimate of drug-likeness (QED) is 0.352. The SMILES string of the molecule is COC(=O)c1ccc(C)c(SC)c1[N+](=O)[O-]. The summed E-state index contributed by atoms with van der Waals surface area (Å²) in [6.45, 7) is 1.76. The lowest BCUT2D eigenvalue weighted by atomic mass is 10.1. The summed E-state index contributed by atoms with van der Waals surface area (Å²) in [5, 5.41) is 11.0. The van der Waals surface area contributed by atoms with Crippen LogP contribution in [0.4, 0.5) is 5.69 Å². The number of methoxy groups -OCH3 is 1. The van der Waals surface area contributed by atoms with Crippen LogP contribution in [0.5, 0.6) is 0 Å². The molecular weight excluding hydrogens is 230 g/mol. The molecule has 0 unspecified atom stereocenters. The maximum absolute atomic E-state index is 11.4. The van der Waals surface area contributed by atoms with Gasteiger partial charge in [-0.3, -0.25) is 10.1 Å². The lowest BCUT2D eigenvalue weighted by molar-refractivity contribution is -0.388. The van der Waals surface area contributed by atoms with Crippen LogP contribution < -0.4 is 0 Å². The summed E-state index contributed by atoms with van der Waals surface area (Å²) in [5.41, 5.74) is 0.577. The zero-order chi connectivity index (χ0) is 12.3. The maximum atomic E-state index is 11.4. The molecule has 0 N–H and O–H groups in total. The molecule has 0 saturated carbocycles. The number of rotatable bonds is 3. The first kappa shape index (κ1) is 12.5. The molecular formula is C10H11NO4S. The first-order chi connectivity index (χ1) is 7.52. The fourth-order valence-electron chi connectivity index (χ4n) is 1.39. The van der Waals surface area contributed by atoms with E-state index in [1.165, 1.54) is 24.9 Å². The van der Waals surface area contributed by atoms with Crippen LogP contribution in [-0.2, 0) is 4.74 Å². The summed E-state index contributed by atoms with van der Waals surface area (Å²) >= 11 is 1.24. The van der Waals surface area contributed by atoms with Crippen molar-refractivity contribution in [1.29, 1.82) is 0 Å². The zero-order valence-electron chi connectivity index (χ0n) is 9.14. The van der Waals surface area contributed by atoms with Crippen molar-refractivity contribution in [1.82, 2.24) is 0 Å². The van der Waals surface area contributed by atoms with Crippen LogP contribution in [0.1, 0.15) is 15.9 Å². The Bertz CT molecular complexity index is 445. The minimum absolute atomic E-state index is 0.0116. The summed E-state index contributed by atoms with van der Waals surface area (Å²) in [5.74, 6) is -0.693. The van der Waals surface area contributed by atoms with Gasteiger partial charge < -0.3 is 4.74 Å². The number of thioether (sulfide) groups is 1. The average Bonchev–Trinajstić information content (AvgIpc) is 2.27. The van der Waals surface area contributed by atoms with Crippen LogP contribution >= 0.6 is 11.8 Å². The largest absolute Gasteiger partial charge is 0.465 e. The van der Waals surface area contributed by atoms with Gasteiger partial charge in [0.15, 0.2) is 0 Å². The van der Waals surface area contributed by atoms with Gasteiger partial charge in [0.2, 0.25) is 0 Å². The number of carbonyl (C=O) groups is 1. The number of hydrogen-bond acceptors (Lipinski definition) is 5. The van der Waals surface area contributed by atoms with Crippen LogP contribution in [0.3, 0.4) is 0 Å². The minimum atomic E-state index is -0.693. The van der Waals surface area contributed by atoms with Crippen LogP contribution in [0, 0.1) is 17.0 Å². The number of aryl methyl sites for hydroxylation is 1. The van der Waals surface area contributed by atoms with E-state index in [0.717, 1.165) is 5.56 Å². The first-order valence-corrected chi connectivity index (χ1v) is 5.65. The highest BCUT2D eigenvalue weighted by atomic mass is 32.2. The second-order valence-electron chi connectivity index (χ2n) is 3.06. The molecule has 0 saturated heterocycles. The van der Waals surface area contributed by atoms with Gasteiger partial charge >= 0.3 is 5.97 Å². The number of carbonyl (C=O) groups excluding carboxylic acids is 1. The lowest BCUT2D eigenvalue weighted by Crippen LogP contribution is -2.07. The van der Waals surface area contributed by atoms with E-state index >= 15 is 0 Å². The van der Waals surface area contributed by atoms with E-state index in [0.29, 0.717) is 4.90 Å². The normalized spacial score (nSPS) is 9.94. The second kappa shape index (κ2) is 4.98. The van der Waals surface area contributed by atoms with Crippen molar-refractivity contribution in [3.8, 4) is 0 Å². The number of hydrogen-bond donors (Lipinski definition) is 0. The van der Waals surface area contributed by atoms with Crippen molar-refractivity contribution in [3.05, 3.63) is 33.4 Å². The molecule has 0 fully saturated rings. The third kappa shape index (κ3) is 2.16. The predicted octanol–water partition coefficient (Wildman–Crippen LogP) is 2.41. The Labute approximate surface area is 96.9 Å². The van der Waals surface area contributed by atoms with Crippen LogP contribution in [0.15, 0.2) is 17.0 Å². The highest BCUT2D eigenvalue weighted by molar-refractivity contribution is 7.98. The Hall–Kier alpha value is -1.56.